The minimum Gasteiger partial charge on any atom is -0.444 e. The monoisotopic (exact) mass is 525 g/mol. The highest BCUT2D eigenvalue weighted by molar-refractivity contribution is 14.0. The highest BCUT2D eigenvalue weighted by Gasteiger charge is 2.36. The first-order valence-corrected chi connectivity index (χ1v) is 10.4. The molecule has 164 valence electrons. The Morgan fingerprint density at radius 1 is 1.23 bits per heavy atom. The topological polar surface area (TPSA) is 60.4 Å². The predicted octanol–water partition coefficient (Wildman–Crippen LogP) is 3.06. The van der Waals surface area contributed by atoms with E-state index in [1.807, 2.05) is 20.8 Å². The number of hydrogen-bond donors (Lipinski definition) is 1. The molecular formula is C22H32IN5O2. The largest absolute Gasteiger partial charge is 0.444 e. The number of carbonyl (C=O) groups excluding carboxylic acids is 1. The van der Waals surface area contributed by atoms with E-state index in [-0.39, 0.29) is 36.1 Å². The molecule has 8 heteroatoms. The van der Waals surface area contributed by atoms with Gasteiger partial charge in [-0.3, -0.25) is 4.99 Å². The number of halogens is 1. The van der Waals surface area contributed by atoms with Crippen molar-refractivity contribution < 1.29 is 9.53 Å². The van der Waals surface area contributed by atoms with Gasteiger partial charge in [-0.25, -0.2) is 4.79 Å². The lowest BCUT2D eigenvalue weighted by atomic mass is 10.2. The van der Waals surface area contributed by atoms with Gasteiger partial charge in [-0.2, -0.15) is 0 Å². The lowest BCUT2D eigenvalue weighted by Crippen LogP contribution is -2.57. The Morgan fingerprint density at radius 3 is 2.73 bits per heavy atom. The Morgan fingerprint density at radius 2 is 2.00 bits per heavy atom. The molecule has 30 heavy (non-hydrogen) atoms. The second-order valence-corrected chi connectivity index (χ2v) is 8.84. The lowest BCUT2D eigenvalue weighted by molar-refractivity contribution is 0.0137. The SMILES string of the molecule is CC(C)(C)OC(=O)N1CCN2C(NCc3cccc(N4CC=CC4)c3)=NCC2C1.I. The normalized spacial score (nSPS) is 20.6. The molecular weight excluding hydrogens is 493 g/mol. The molecule has 1 unspecified atom stereocenters. The minimum atomic E-state index is -0.465. The number of ether oxygens (including phenoxy) is 1. The number of piperazine rings is 1. The summed E-state index contributed by atoms with van der Waals surface area (Å²) < 4.78 is 5.52. The van der Waals surface area contributed by atoms with Crippen molar-refractivity contribution in [1.29, 1.82) is 0 Å². The molecule has 0 aliphatic carbocycles. The van der Waals surface area contributed by atoms with Crippen LogP contribution in [0.3, 0.4) is 0 Å². The molecule has 1 aromatic carbocycles. The van der Waals surface area contributed by atoms with Gasteiger partial charge in [0.15, 0.2) is 5.96 Å². The van der Waals surface area contributed by atoms with Gasteiger partial charge in [0.2, 0.25) is 0 Å². The van der Waals surface area contributed by atoms with Crippen LogP contribution < -0.4 is 10.2 Å². The Balaban J connectivity index is 0.00000256. The molecule has 0 saturated carbocycles. The maximum atomic E-state index is 12.4. The number of aliphatic imine (C=N–C) groups is 1. The highest BCUT2D eigenvalue weighted by Crippen LogP contribution is 2.20. The summed E-state index contributed by atoms with van der Waals surface area (Å²) in [5, 5.41) is 3.50. The van der Waals surface area contributed by atoms with Gasteiger partial charge in [0, 0.05) is 45.0 Å². The molecule has 3 aliphatic rings. The third-order valence-corrected chi connectivity index (χ3v) is 5.40. The zero-order valence-corrected chi connectivity index (χ0v) is 20.3. The summed E-state index contributed by atoms with van der Waals surface area (Å²) in [4.78, 5) is 23.5. The summed E-state index contributed by atoms with van der Waals surface area (Å²) in [6.45, 7) is 11.2. The molecule has 3 heterocycles. The molecule has 1 amide bonds. The van der Waals surface area contributed by atoms with Gasteiger partial charge in [-0.15, -0.1) is 24.0 Å². The third kappa shape index (κ3) is 5.39. The molecule has 0 spiro atoms. The van der Waals surface area contributed by atoms with E-state index in [0.29, 0.717) is 19.6 Å². The van der Waals surface area contributed by atoms with E-state index in [1.54, 1.807) is 4.90 Å². The second kappa shape index (κ2) is 9.45. The molecule has 1 saturated heterocycles. The van der Waals surface area contributed by atoms with Crippen LogP contribution in [0.4, 0.5) is 10.5 Å². The number of guanidine groups is 1. The van der Waals surface area contributed by atoms with E-state index in [4.69, 9.17) is 9.73 Å². The van der Waals surface area contributed by atoms with E-state index in [2.05, 4.69) is 51.5 Å². The Hall–Kier alpha value is -1.97. The zero-order valence-electron chi connectivity index (χ0n) is 18.0. The smallest absolute Gasteiger partial charge is 0.410 e. The van der Waals surface area contributed by atoms with Crippen LogP contribution in [-0.4, -0.2) is 72.8 Å². The first-order valence-electron chi connectivity index (χ1n) is 10.4. The number of nitrogens with one attached hydrogen (secondary N) is 1. The fourth-order valence-corrected chi connectivity index (χ4v) is 3.96. The zero-order chi connectivity index (χ0) is 20.4. The molecule has 3 aliphatic heterocycles. The standard InChI is InChI=1S/C22H31N5O2.HI/c1-22(2,3)29-21(28)26-11-12-27-19(16-26)15-24-20(27)23-14-17-7-6-8-18(13-17)25-9-4-5-10-25;/h4-8,13,19H,9-12,14-16H2,1-3H3,(H,23,24);1H. The van der Waals surface area contributed by atoms with Gasteiger partial charge < -0.3 is 24.8 Å². The number of benzene rings is 1. The van der Waals surface area contributed by atoms with Crippen molar-refractivity contribution in [2.45, 2.75) is 39.0 Å². The van der Waals surface area contributed by atoms with Gasteiger partial charge in [0.25, 0.3) is 0 Å². The van der Waals surface area contributed by atoms with Crippen LogP contribution in [0.25, 0.3) is 0 Å². The minimum absolute atomic E-state index is 0. The molecule has 1 N–H and O–H groups in total. The van der Waals surface area contributed by atoms with Crippen LogP contribution in [0.2, 0.25) is 0 Å². The van der Waals surface area contributed by atoms with Crippen molar-refractivity contribution in [2.75, 3.05) is 44.2 Å². The van der Waals surface area contributed by atoms with E-state index >= 15 is 0 Å². The number of hydrogen-bond acceptors (Lipinski definition) is 6. The number of nitrogens with zero attached hydrogens (tertiary/aromatic N) is 4. The van der Waals surface area contributed by atoms with E-state index in [1.165, 1.54) is 11.3 Å². The van der Waals surface area contributed by atoms with Crippen LogP contribution in [0, 0.1) is 0 Å². The number of rotatable bonds is 3. The van der Waals surface area contributed by atoms with Crippen molar-refractivity contribution >= 4 is 41.7 Å². The fourth-order valence-electron chi connectivity index (χ4n) is 3.96. The second-order valence-electron chi connectivity index (χ2n) is 8.84. The Kier molecular flexibility index (Phi) is 7.15. The van der Waals surface area contributed by atoms with Crippen LogP contribution in [0.5, 0.6) is 0 Å². The van der Waals surface area contributed by atoms with Gasteiger partial charge in [0.05, 0.1) is 12.6 Å². The molecule has 1 aromatic rings. The molecule has 0 bridgehead atoms. The first-order chi connectivity index (χ1) is 13.9. The molecule has 0 radical (unpaired) electrons. The lowest BCUT2D eigenvalue weighted by Gasteiger charge is -2.39. The summed E-state index contributed by atoms with van der Waals surface area (Å²) in [5.41, 5.74) is 2.03. The van der Waals surface area contributed by atoms with Crippen molar-refractivity contribution in [3.8, 4) is 0 Å². The van der Waals surface area contributed by atoms with Crippen molar-refractivity contribution in [3.63, 3.8) is 0 Å². The quantitative estimate of drug-likeness (QED) is 0.486. The van der Waals surface area contributed by atoms with Crippen molar-refractivity contribution in [3.05, 3.63) is 42.0 Å². The third-order valence-electron chi connectivity index (χ3n) is 5.40. The predicted molar refractivity (Wildman–Crippen MR) is 131 cm³/mol. The first kappa shape index (κ1) is 22.7. The maximum Gasteiger partial charge on any atom is 0.410 e. The molecule has 1 fully saturated rings. The van der Waals surface area contributed by atoms with E-state index in [0.717, 1.165) is 32.1 Å². The summed E-state index contributed by atoms with van der Waals surface area (Å²) in [6, 6.07) is 8.89. The molecule has 4 rings (SSSR count). The number of anilines is 1. The summed E-state index contributed by atoms with van der Waals surface area (Å²) in [5.74, 6) is 0.937. The molecule has 7 nitrogen and oxygen atoms in total. The molecule has 1 atom stereocenters. The van der Waals surface area contributed by atoms with Gasteiger partial charge >= 0.3 is 6.09 Å². The van der Waals surface area contributed by atoms with Crippen LogP contribution in [-0.2, 0) is 11.3 Å². The summed E-state index contributed by atoms with van der Waals surface area (Å²) in [7, 11) is 0. The molecule has 0 aromatic heterocycles. The highest BCUT2D eigenvalue weighted by atomic mass is 127. The Bertz CT molecular complexity index is 812. The van der Waals surface area contributed by atoms with Crippen molar-refractivity contribution in [1.82, 2.24) is 15.1 Å². The average molecular weight is 525 g/mol. The van der Waals surface area contributed by atoms with Crippen molar-refractivity contribution in [2.24, 2.45) is 4.99 Å². The fraction of sp³-hybridized carbons (Fsp3) is 0.545. The number of amides is 1. The summed E-state index contributed by atoms with van der Waals surface area (Å²) in [6.07, 6.45) is 4.18. The van der Waals surface area contributed by atoms with E-state index < -0.39 is 5.60 Å². The van der Waals surface area contributed by atoms with Gasteiger partial charge in [-0.1, -0.05) is 24.3 Å². The summed E-state index contributed by atoms with van der Waals surface area (Å²) >= 11 is 0. The number of carbonyl (C=O) groups is 1. The average Bonchev–Trinajstić information content (AvgIpc) is 3.35. The van der Waals surface area contributed by atoms with Gasteiger partial charge in [0.1, 0.15) is 5.60 Å². The number of fused-ring (bicyclic) bond motifs is 1. The van der Waals surface area contributed by atoms with Crippen LogP contribution in [0.15, 0.2) is 41.4 Å². The maximum absolute atomic E-state index is 12.4. The van der Waals surface area contributed by atoms with Gasteiger partial charge in [-0.05, 0) is 38.5 Å². The van der Waals surface area contributed by atoms with E-state index in [9.17, 15) is 4.79 Å². The van der Waals surface area contributed by atoms with Crippen LogP contribution >= 0.6 is 24.0 Å². The van der Waals surface area contributed by atoms with Crippen LogP contribution in [0.1, 0.15) is 26.3 Å². The Labute approximate surface area is 196 Å².